The van der Waals surface area contributed by atoms with Crippen molar-refractivity contribution in [2.45, 2.75) is 54.1 Å². The number of ether oxygens (including phenoxy) is 1. The molecule has 0 saturated heterocycles. The second-order valence-electron chi connectivity index (χ2n) is 11.0. The number of Topliss-reactive ketones (excluding diaryl/α,β-unsaturated/α-hetero) is 1. The first kappa shape index (κ1) is 29.9. The minimum atomic E-state index is -0.897. The Kier molecular flexibility index (Phi) is 8.99. The number of ketones is 1. The molecule has 0 atom stereocenters. The Labute approximate surface area is 234 Å². The Bertz CT molecular complexity index is 1480. The number of carbonyl (C=O) groups excluding carboxylic acids is 3. The maximum Gasteiger partial charge on any atom is 0.412 e. The number of amides is 2. The number of nitriles is 1. The monoisotopic (exact) mass is 545 g/mol. The first-order valence-electron chi connectivity index (χ1n) is 12.9. The lowest BCUT2D eigenvalue weighted by Gasteiger charge is -2.27. The van der Waals surface area contributed by atoms with Gasteiger partial charge in [-0.05, 0) is 51.3 Å². The molecular formula is C30H35N5O5. The minimum absolute atomic E-state index is 0.0905. The summed E-state index contributed by atoms with van der Waals surface area (Å²) in [6.07, 6.45) is -0.721. The van der Waals surface area contributed by atoms with E-state index in [9.17, 15) is 19.6 Å². The molecule has 3 rings (SSSR count). The molecule has 0 fully saturated rings. The average molecular weight is 546 g/mol. The highest BCUT2D eigenvalue weighted by atomic mass is 16.6. The Morgan fingerprint density at radius 3 is 2.35 bits per heavy atom. The number of rotatable bonds is 8. The zero-order chi connectivity index (χ0) is 29.8. The van der Waals surface area contributed by atoms with Crippen LogP contribution in [0.2, 0.25) is 0 Å². The van der Waals surface area contributed by atoms with Crippen LogP contribution in [0.4, 0.5) is 21.9 Å². The summed E-state index contributed by atoms with van der Waals surface area (Å²) >= 11 is 0. The van der Waals surface area contributed by atoms with E-state index in [4.69, 9.17) is 9.26 Å². The largest absolute Gasteiger partial charge is 0.444 e. The van der Waals surface area contributed by atoms with E-state index in [0.29, 0.717) is 40.4 Å². The van der Waals surface area contributed by atoms with E-state index in [1.165, 1.54) is 0 Å². The van der Waals surface area contributed by atoms with Gasteiger partial charge < -0.3 is 19.5 Å². The summed E-state index contributed by atoms with van der Waals surface area (Å²) in [5.41, 5.74) is 2.47. The maximum atomic E-state index is 13.0. The van der Waals surface area contributed by atoms with Gasteiger partial charge in [0, 0.05) is 37.7 Å². The Balaban J connectivity index is 2.36. The fraction of sp³-hybridized carbons (Fsp3) is 0.367. The number of aromatic nitrogens is 1. The van der Waals surface area contributed by atoms with Gasteiger partial charge in [0.25, 0.3) is 5.91 Å². The van der Waals surface area contributed by atoms with E-state index in [-0.39, 0.29) is 22.9 Å². The summed E-state index contributed by atoms with van der Waals surface area (Å²) in [5, 5.41) is 19.7. The molecule has 40 heavy (non-hydrogen) atoms. The zero-order valence-corrected chi connectivity index (χ0v) is 24.1. The first-order valence-corrected chi connectivity index (χ1v) is 12.9. The normalized spacial score (nSPS) is 11.1. The second-order valence-corrected chi connectivity index (χ2v) is 11.0. The van der Waals surface area contributed by atoms with Gasteiger partial charge in [-0.1, -0.05) is 37.2 Å². The minimum Gasteiger partial charge on any atom is -0.444 e. The van der Waals surface area contributed by atoms with Crippen molar-refractivity contribution in [1.29, 1.82) is 5.26 Å². The summed E-state index contributed by atoms with van der Waals surface area (Å²) in [6.45, 7) is 12.8. The third-order valence-corrected chi connectivity index (χ3v) is 5.73. The lowest BCUT2D eigenvalue weighted by atomic mass is 9.94. The van der Waals surface area contributed by atoms with Gasteiger partial charge in [-0.15, -0.1) is 0 Å². The number of benzene rings is 2. The molecule has 0 aliphatic heterocycles. The molecule has 2 N–H and O–H groups in total. The lowest BCUT2D eigenvalue weighted by Crippen LogP contribution is -2.28. The van der Waals surface area contributed by atoms with Crippen molar-refractivity contribution < 1.29 is 23.6 Å². The molecule has 2 aromatic carbocycles. The van der Waals surface area contributed by atoms with Gasteiger partial charge in [0.05, 0.1) is 28.3 Å². The number of anilines is 3. The van der Waals surface area contributed by atoms with Crippen molar-refractivity contribution in [2.75, 3.05) is 29.1 Å². The summed E-state index contributed by atoms with van der Waals surface area (Å²) in [7, 11) is 1.82. The van der Waals surface area contributed by atoms with Crippen molar-refractivity contribution in [3.63, 3.8) is 0 Å². The van der Waals surface area contributed by atoms with Crippen LogP contribution in [-0.2, 0) is 14.3 Å². The van der Waals surface area contributed by atoms with Crippen LogP contribution in [0.15, 0.2) is 40.9 Å². The summed E-state index contributed by atoms with van der Waals surface area (Å²) < 4.78 is 11.0. The summed E-state index contributed by atoms with van der Waals surface area (Å²) in [6, 6.07) is 12.8. The number of hydrogen-bond acceptors (Lipinski definition) is 8. The van der Waals surface area contributed by atoms with Crippen LogP contribution in [0.1, 0.15) is 52.8 Å². The Morgan fingerprint density at radius 1 is 1.12 bits per heavy atom. The van der Waals surface area contributed by atoms with Crippen LogP contribution in [0.25, 0.3) is 22.5 Å². The molecule has 1 heterocycles. The zero-order valence-electron chi connectivity index (χ0n) is 24.1. The molecule has 1 aromatic heterocycles. The van der Waals surface area contributed by atoms with E-state index >= 15 is 0 Å². The van der Waals surface area contributed by atoms with Crippen LogP contribution in [0.3, 0.4) is 0 Å². The van der Waals surface area contributed by atoms with Crippen molar-refractivity contribution in [3.05, 3.63) is 47.7 Å². The molecule has 2 amide bonds. The molecule has 0 unspecified atom stereocenters. The molecule has 210 valence electrons. The number of hydrogen-bond donors (Lipinski definition) is 2. The molecule has 0 aliphatic rings. The van der Waals surface area contributed by atoms with Gasteiger partial charge in [-0.25, -0.2) is 4.79 Å². The SMILES string of the molecule is CC(=O)C(=O)Nc1c(C#N)c(N(C)CC(C)C)cc(NC(=O)OC(C)(C)C)c1-c1cccc(-c2cc(C)no2)c1. The first-order chi connectivity index (χ1) is 18.7. The molecule has 3 aromatic rings. The topological polar surface area (TPSA) is 138 Å². The van der Waals surface area contributed by atoms with Gasteiger partial charge in [0.2, 0.25) is 5.78 Å². The predicted molar refractivity (Wildman–Crippen MR) is 154 cm³/mol. The molecule has 0 bridgehead atoms. The highest BCUT2D eigenvalue weighted by molar-refractivity contribution is 6.40. The smallest absolute Gasteiger partial charge is 0.412 e. The quantitative estimate of drug-likeness (QED) is 0.321. The number of nitrogens with one attached hydrogen (secondary N) is 2. The van der Waals surface area contributed by atoms with Gasteiger partial charge in [-0.3, -0.25) is 14.9 Å². The van der Waals surface area contributed by atoms with Crippen LogP contribution in [0, 0.1) is 24.2 Å². The molecule has 0 aliphatic carbocycles. The molecular weight excluding hydrogens is 510 g/mol. The average Bonchev–Trinajstić information content (AvgIpc) is 3.28. The lowest BCUT2D eigenvalue weighted by molar-refractivity contribution is -0.133. The second kappa shape index (κ2) is 12.0. The summed E-state index contributed by atoms with van der Waals surface area (Å²) in [5.74, 6) is -0.866. The number of carbonyl (C=O) groups is 3. The molecule has 10 nitrogen and oxygen atoms in total. The third-order valence-electron chi connectivity index (χ3n) is 5.73. The van der Waals surface area contributed by atoms with Crippen LogP contribution in [-0.4, -0.2) is 42.1 Å². The maximum absolute atomic E-state index is 13.0. The Morgan fingerprint density at radius 2 is 1.80 bits per heavy atom. The Hall–Kier alpha value is -4.65. The molecule has 0 spiro atoms. The number of nitrogens with zero attached hydrogens (tertiary/aromatic N) is 3. The highest BCUT2D eigenvalue weighted by Crippen LogP contribution is 2.44. The van der Waals surface area contributed by atoms with Crippen LogP contribution in [0.5, 0.6) is 0 Å². The number of aryl methyl sites for hydroxylation is 1. The van der Waals surface area contributed by atoms with Gasteiger partial charge in [0.15, 0.2) is 5.76 Å². The molecule has 0 saturated carbocycles. The fourth-order valence-electron chi connectivity index (χ4n) is 4.20. The molecule has 0 radical (unpaired) electrons. The molecule has 10 heteroatoms. The van der Waals surface area contributed by atoms with E-state index in [1.54, 1.807) is 58.0 Å². The van der Waals surface area contributed by atoms with Crippen LogP contribution < -0.4 is 15.5 Å². The standard InChI is InChI=1S/C30H35N5O5/c1-17(2)16-35(8)24-14-23(32-29(38)39-30(5,6)7)26(27(22(24)15-31)33-28(37)19(4)36)21-11-9-10-20(13-21)25-12-18(3)34-40-25/h9-14,17H,16H2,1-8H3,(H,32,38)(H,33,37). The van der Waals surface area contributed by atoms with Crippen molar-refractivity contribution in [1.82, 2.24) is 5.16 Å². The predicted octanol–water partition coefficient (Wildman–Crippen LogP) is 6.16. The van der Waals surface area contributed by atoms with Crippen molar-refractivity contribution >= 4 is 34.8 Å². The van der Waals surface area contributed by atoms with E-state index < -0.39 is 23.4 Å². The van der Waals surface area contributed by atoms with Crippen LogP contribution >= 0.6 is 0 Å². The highest BCUT2D eigenvalue weighted by Gasteiger charge is 2.27. The van der Waals surface area contributed by atoms with Gasteiger partial charge in [-0.2, -0.15) is 5.26 Å². The van der Waals surface area contributed by atoms with E-state index in [0.717, 1.165) is 6.92 Å². The fourth-order valence-corrected chi connectivity index (χ4v) is 4.20. The van der Waals surface area contributed by atoms with E-state index in [2.05, 4.69) is 21.9 Å². The third kappa shape index (κ3) is 7.26. The van der Waals surface area contributed by atoms with Gasteiger partial charge in [0.1, 0.15) is 11.7 Å². The van der Waals surface area contributed by atoms with Crippen molar-refractivity contribution in [2.24, 2.45) is 5.92 Å². The van der Waals surface area contributed by atoms with Gasteiger partial charge >= 0.3 is 6.09 Å². The van der Waals surface area contributed by atoms with Crippen molar-refractivity contribution in [3.8, 4) is 28.5 Å². The summed E-state index contributed by atoms with van der Waals surface area (Å²) in [4.78, 5) is 39.6. The van der Waals surface area contributed by atoms with E-state index in [1.807, 2.05) is 31.9 Å².